The number of hydrogen-bond acceptors (Lipinski definition) is 2. The number of halogens is 1. The quantitative estimate of drug-likeness (QED) is 0.845. The SMILES string of the molecule is Cc1ccc(C(=O)N[C@@H]2CCCC[C@H]2N)cc1F. The van der Waals surface area contributed by atoms with Crippen molar-refractivity contribution in [1.29, 1.82) is 0 Å². The van der Waals surface area contributed by atoms with Gasteiger partial charge in [0.05, 0.1) is 0 Å². The topological polar surface area (TPSA) is 55.1 Å². The first-order valence-corrected chi connectivity index (χ1v) is 6.40. The van der Waals surface area contributed by atoms with Crippen LogP contribution in [0, 0.1) is 12.7 Å². The second kappa shape index (κ2) is 5.48. The highest BCUT2D eigenvalue weighted by molar-refractivity contribution is 5.94. The average Bonchev–Trinajstić information content (AvgIpc) is 2.35. The van der Waals surface area contributed by atoms with Gasteiger partial charge >= 0.3 is 0 Å². The van der Waals surface area contributed by atoms with Crippen molar-refractivity contribution in [3.63, 3.8) is 0 Å². The van der Waals surface area contributed by atoms with Gasteiger partial charge in [-0.05, 0) is 37.5 Å². The number of aryl methyl sites for hydroxylation is 1. The van der Waals surface area contributed by atoms with Crippen LogP contribution in [0.3, 0.4) is 0 Å². The van der Waals surface area contributed by atoms with Crippen LogP contribution >= 0.6 is 0 Å². The minimum absolute atomic E-state index is 0.00983. The van der Waals surface area contributed by atoms with E-state index in [0.29, 0.717) is 11.1 Å². The highest BCUT2D eigenvalue weighted by atomic mass is 19.1. The summed E-state index contributed by atoms with van der Waals surface area (Å²) in [6.07, 6.45) is 4.04. The van der Waals surface area contributed by atoms with Gasteiger partial charge in [0.2, 0.25) is 0 Å². The Morgan fingerprint density at radius 3 is 2.78 bits per heavy atom. The van der Waals surface area contributed by atoms with Crippen LogP contribution in [-0.4, -0.2) is 18.0 Å². The second-order valence-corrected chi connectivity index (χ2v) is 4.99. The van der Waals surface area contributed by atoms with E-state index >= 15 is 0 Å². The van der Waals surface area contributed by atoms with Crippen LogP contribution in [0.5, 0.6) is 0 Å². The third-order valence-electron chi connectivity index (χ3n) is 3.57. The molecule has 18 heavy (non-hydrogen) atoms. The number of nitrogens with two attached hydrogens (primary N) is 1. The van der Waals surface area contributed by atoms with Crippen LogP contribution < -0.4 is 11.1 Å². The molecule has 1 aromatic rings. The number of rotatable bonds is 2. The zero-order chi connectivity index (χ0) is 13.1. The van der Waals surface area contributed by atoms with Crippen molar-refractivity contribution in [2.45, 2.75) is 44.7 Å². The van der Waals surface area contributed by atoms with Gasteiger partial charge in [0.15, 0.2) is 0 Å². The Hall–Kier alpha value is -1.42. The van der Waals surface area contributed by atoms with E-state index in [9.17, 15) is 9.18 Å². The standard InChI is InChI=1S/C14H19FN2O/c1-9-6-7-10(8-11(9)15)14(18)17-13-5-3-2-4-12(13)16/h6-8,12-13H,2-5,16H2,1H3,(H,17,18)/t12-,13-/m1/s1. The predicted octanol–water partition coefficient (Wildman–Crippen LogP) is 2.13. The summed E-state index contributed by atoms with van der Waals surface area (Å²) in [7, 11) is 0. The molecule has 1 saturated carbocycles. The van der Waals surface area contributed by atoms with E-state index in [1.807, 2.05) is 0 Å². The molecule has 0 bridgehead atoms. The van der Waals surface area contributed by atoms with Crippen molar-refractivity contribution in [1.82, 2.24) is 5.32 Å². The summed E-state index contributed by atoms with van der Waals surface area (Å²) in [6.45, 7) is 1.67. The third kappa shape index (κ3) is 2.88. The molecule has 0 aromatic heterocycles. The van der Waals surface area contributed by atoms with Gasteiger partial charge in [-0.3, -0.25) is 4.79 Å². The second-order valence-electron chi connectivity index (χ2n) is 4.99. The monoisotopic (exact) mass is 250 g/mol. The Labute approximate surface area is 107 Å². The zero-order valence-corrected chi connectivity index (χ0v) is 10.6. The average molecular weight is 250 g/mol. The summed E-state index contributed by atoms with van der Waals surface area (Å²) < 4.78 is 13.4. The number of nitrogens with one attached hydrogen (secondary N) is 1. The van der Waals surface area contributed by atoms with Gasteiger partial charge in [-0.25, -0.2) is 4.39 Å². The summed E-state index contributed by atoms with van der Waals surface area (Å²) in [4.78, 5) is 12.0. The fourth-order valence-corrected chi connectivity index (χ4v) is 2.32. The Morgan fingerprint density at radius 1 is 1.39 bits per heavy atom. The van der Waals surface area contributed by atoms with Crippen molar-refractivity contribution in [2.24, 2.45) is 5.73 Å². The van der Waals surface area contributed by atoms with Crippen molar-refractivity contribution in [3.8, 4) is 0 Å². The highest BCUT2D eigenvalue weighted by Crippen LogP contribution is 2.17. The molecule has 0 heterocycles. The third-order valence-corrected chi connectivity index (χ3v) is 3.57. The van der Waals surface area contributed by atoms with Gasteiger partial charge < -0.3 is 11.1 Å². The zero-order valence-electron chi connectivity index (χ0n) is 10.6. The maximum absolute atomic E-state index is 13.4. The first kappa shape index (κ1) is 13.0. The van der Waals surface area contributed by atoms with Crippen LogP contribution in [0.1, 0.15) is 41.6 Å². The normalized spacial score (nSPS) is 23.7. The molecule has 0 aliphatic heterocycles. The van der Waals surface area contributed by atoms with Gasteiger partial charge in [0.25, 0.3) is 5.91 Å². The van der Waals surface area contributed by atoms with E-state index in [4.69, 9.17) is 5.73 Å². The first-order chi connectivity index (χ1) is 8.58. The summed E-state index contributed by atoms with van der Waals surface area (Å²) in [5.74, 6) is -0.591. The molecule has 1 fully saturated rings. The molecule has 2 atom stereocenters. The Bertz CT molecular complexity index is 447. The van der Waals surface area contributed by atoms with Crippen molar-refractivity contribution < 1.29 is 9.18 Å². The molecule has 2 rings (SSSR count). The van der Waals surface area contributed by atoms with Gasteiger partial charge in [0.1, 0.15) is 5.82 Å². The van der Waals surface area contributed by atoms with Gasteiger partial charge in [-0.1, -0.05) is 18.9 Å². The molecule has 0 saturated heterocycles. The number of benzene rings is 1. The molecule has 1 aromatic carbocycles. The molecule has 0 unspecified atom stereocenters. The maximum atomic E-state index is 13.4. The lowest BCUT2D eigenvalue weighted by Gasteiger charge is -2.29. The number of hydrogen-bond donors (Lipinski definition) is 2. The molecular weight excluding hydrogens is 231 g/mol. The van der Waals surface area contributed by atoms with Gasteiger partial charge in [0, 0.05) is 17.6 Å². The first-order valence-electron chi connectivity index (χ1n) is 6.40. The molecule has 1 amide bonds. The minimum Gasteiger partial charge on any atom is -0.348 e. The maximum Gasteiger partial charge on any atom is 0.251 e. The minimum atomic E-state index is -0.351. The molecule has 1 aliphatic rings. The van der Waals surface area contributed by atoms with E-state index in [1.54, 1.807) is 19.1 Å². The van der Waals surface area contributed by atoms with E-state index < -0.39 is 0 Å². The molecular formula is C14H19FN2O. The summed E-state index contributed by atoms with van der Waals surface area (Å²) in [5.41, 5.74) is 6.87. The van der Waals surface area contributed by atoms with Crippen LogP contribution in [0.15, 0.2) is 18.2 Å². The molecule has 4 heteroatoms. The van der Waals surface area contributed by atoms with Gasteiger partial charge in [-0.15, -0.1) is 0 Å². The van der Waals surface area contributed by atoms with E-state index in [0.717, 1.165) is 25.7 Å². The van der Waals surface area contributed by atoms with Crippen molar-refractivity contribution in [2.75, 3.05) is 0 Å². The summed E-state index contributed by atoms with van der Waals surface area (Å²) in [6, 6.07) is 4.56. The fraction of sp³-hybridized carbons (Fsp3) is 0.500. The lowest BCUT2D eigenvalue weighted by Crippen LogP contribution is -2.49. The van der Waals surface area contributed by atoms with E-state index in [1.165, 1.54) is 6.07 Å². The van der Waals surface area contributed by atoms with Crippen LogP contribution in [0.25, 0.3) is 0 Å². The Balaban J connectivity index is 2.04. The smallest absolute Gasteiger partial charge is 0.251 e. The van der Waals surface area contributed by atoms with Crippen molar-refractivity contribution >= 4 is 5.91 Å². The molecule has 3 nitrogen and oxygen atoms in total. The van der Waals surface area contributed by atoms with Crippen LogP contribution in [-0.2, 0) is 0 Å². The largest absolute Gasteiger partial charge is 0.348 e. The van der Waals surface area contributed by atoms with E-state index in [-0.39, 0.29) is 23.8 Å². The lowest BCUT2D eigenvalue weighted by molar-refractivity contribution is 0.0921. The van der Waals surface area contributed by atoms with Gasteiger partial charge in [-0.2, -0.15) is 0 Å². The molecule has 1 aliphatic carbocycles. The molecule has 0 spiro atoms. The fourth-order valence-electron chi connectivity index (χ4n) is 2.32. The number of carbonyl (C=O) groups excluding carboxylic acids is 1. The van der Waals surface area contributed by atoms with E-state index in [2.05, 4.69) is 5.32 Å². The number of carbonyl (C=O) groups is 1. The van der Waals surface area contributed by atoms with Crippen molar-refractivity contribution in [3.05, 3.63) is 35.1 Å². The van der Waals surface area contributed by atoms with Crippen LogP contribution in [0.2, 0.25) is 0 Å². The predicted molar refractivity (Wildman–Crippen MR) is 68.8 cm³/mol. The van der Waals surface area contributed by atoms with Crippen LogP contribution in [0.4, 0.5) is 4.39 Å². The molecule has 98 valence electrons. The summed E-state index contributed by atoms with van der Waals surface area (Å²) >= 11 is 0. The lowest BCUT2D eigenvalue weighted by atomic mass is 9.91. The highest BCUT2D eigenvalue weighted by Gasteiger charge is 2.23. The molecule has 3 N–H and O–H groups in total. The number of amides is 1. The summed E-state index contributed by atoms with van der Waals surface area (Å²) in [5, 5.41) is 2.90. The Morgan fingerprint density at radius 2 is 2.11 bits per heavy atom. The molecule has 0 radical (unpaired) electrons. The Kier molecular flexibility index (Phi) is 3.97.